The third-order valence-corrected chi connectivity index (χ3v) is 5.97. The molecule has 0 radical (unpaired) electrons. The number of hydrogen-bond donors (Lipinski definition) is 0. The molecule has 0 aliphatic carbocycles. The Morgan fingerprint density at radius 1 is 0.967 bits per heavy atom. The summed E-state index contributed by atoms with van der Waals surface area (Å²) in [7, 11) is 0. The molecule has 5 heteroatoms. The van der Waals surface area contributed by atoms with Crippen LogP contribution in [0.3, 0.4) is 0 Å². The van der Waals surface area contributed by atoms with Gasteiger partial charge in [-0.3, -0.25) is 9.69 Å². The number of hydrogen-bond acceptors (Lipinski definition) is 4. The molecular formula is C25H32N2O3. The zero-order valence-corrected chi connectivity index (χ0v) is 17.7. The summed E-state index contributed by atoms with van der Waals surface area (Å²) in [6, 6.07) is 18.2. The molecule has 2 heterocycles. The van der Waals surface area contributed by atoms with Crippen molar-refractivity contribution in [3.8, 4) is 16.9 Å². The molecular weight excluding hydrogens is 376 g/mol. The van der Waals surface area contributed by atoms with Crippen LogP contribution in [-0.4, -0.2) is 67.7 Å². The summed E-state index contributed by atoms with van der Waals surface area (Å²) in [6.45, 7) is 5.91. The normalized spacial score (nSPS) is 20.1. The number of amides is 1. The summed E-state index contributed by atoms with van der Waals surface area (Å²) in [5.74, 6) is 1.02. The van der Waals surface area contributed by atoms with Gasteiger partial charge >= 0.3 is 0 Å². The van der Waals surface area contributed by atoms with E-state index in [1.807, 2.05) is 41.3 Å². The highest BCUT2D eigenvalue weighted by atomic mass is 16.5. The summed E-state index contributed by atoms with van der Waals surface area (Å²) in [4.78, 5) is 17.2. The van der Waals surface area contributed by atoms with Gasteiger partial charge in [0, 0.05) is 38.3 Å². The maximum absolute atomic E-state index is 12.7. The van der Waals surface area contributed by atoms with E-state index in [0.29, 0.717) is 19.1 Å². The van der Waals surface area contributed by atoms with E-state index in [0.717, 1.165) is 62.6 Å². The number of ether oxygens (including phenoxy) is 2. The molecule has 2 aromatic rings. The second-order valence-electron chi connectivity index (χ2n) is 8.13. The Kier molecular flexibility index (Phi) is 7.38. The lowest BCUT2D eigenvalue weighted by atomic mass is 10.1. The lowest BCUT2D eigenvalue weighted by Gasteiger charge is -2.24. The molecule has 2 aliphatic heterocycles. The predicted octanol–water partition coefficient (Wildman–Crippen LogP) is 3.84. The van der Waals surface area contributed by atoms with Gasteiger partial charge in [-0.1, -0.05) is 48.5 Å². The molecule has 0 unspecified atom stereocenters. The van der Waals surface area contributed by atoms with E-state index in [1.54, 1.807) is 0 Å². The van der Waals surface area contributed by atoms with E-state index in [1.165, 1.54) is 12.8 Å². The molecule has 0 N–H and O–H groups in total. The molecule has 2 saturated heterocycles. The highest BCUT2D eigenvalue weighted by Crippen LogP contribution is 2.29. The lowest BCUT2D eigenvalue weighted by molar-refractivity contribution is -0.131. The SMILES string of the molecule is O=C(CCOc1ccccc1-c1ccccc1)N1CCCN(C[C@H]2CCCO2)CC1. The van der Waals surface area contributed by atoms with Crippen molar-refractivity contribution in [3.05, 3.63) is 54.6 Å². The van der Waals surface area contributed by atoms with Gasteiger partial charge < -0.3 is 14.4 Å². The largest absolute Gasteiger partial charge is 0.492 e. The van der Waals surface area contributed by atoms with Crippen LogP contribution < -0.4 is 4.74 Å². The second-order valence-corrected chi connectivity index (χ2v) is 8.13. The van der Waals surface area contributed by atoms with Gasteiger partial charge in [-0.05, 0) is 37.4 Å². The molecule has 30 heavy (non-hydrogen) atoms. The number of carbonyl (C=O) groups is 1. The van der Waals surface area contributed by atoms with Gasteiger partial charge in [0.1, 0.15) is 5.75 Å². The number of nitrogens with zero attached hydrogens (tertiary/aromatic N) is 2. The molecule has 1 amide bonds. The first-order valence-corrected chi connectivity index (χ1v) is 11.2. The van der Waals surface area contributed by atoms with Crippen LogP contribution in [0.1, 0.15) is 25.7 Å². The summed E-state index contributed by atoms with van der Waals surface area (Å²) < 4.78 is 11.8. The fraction of sp³-hybridized carbons (Fsp3) is 0.480. The van der Waals surface area contributed by atoms with Gasteiger partial charge in [-0.2, -0.15) is 0 Å². The van der Waals surface area contributed by atoms with E-state index < -0.39 is 0 Å². The van der Waals surface area contributed by atoms with Gasteiger partial charge in [0.15, 0.2) is 0 Å². The Hall–Kier alpha value is -2.37. The smallest absolute Gasteiger partial charge is 0.226 e. The minimum atomic E-state index is 0.186. The molecule has 0 aromatic heterocycles. The fourth-order valence-corrected chi connectivity index (χ4v) is 4.33. The highest BCUT2D eigenvalue weighted by molar-refractivity contribution is 5.76. The Balaban J connectivity index is 1.25. The molecule has 4 rings (SSSR count). The zero-order chi connectivity index (χ0) is 20.6. The van der Waals surface area contributed by atoms with Crippen molar-refractivity contribution < 1.29 is 14.3 Å². The van der Waals surface area contributed by atoms with Crippen LogP contribution in [0.15, 0.2) is 54.6 Å². The number of benzene rings is 2. The number of para-hydroxylation sites is 1. The van der Waals surface area contributed by atoms with E-state index in [4.69, 9.17) is 9.47 Å². The average Bonchev–Trinajstić information content (AvgIpc) is 3.18. The summed E-state index contributed by atoms with van der Waals surface area (Å²) in [6.07, 6.45) is 4.16. The zero-order valence-electron chi connectivity index (χ0n) is 17.7. The Morgan fingerprint density at radius 3 is 2.63 bits per heavy atom. The van der Waals surface area contributed by atoms with Gasteiger partial charge in [-0.25, -0.2) is 0 Å². The topological polar surface area (TPSA) is 42.0 Å². The molecule has 160 valence electrons. The first-order valence-electron chi connectivity index (χ1n) is 11.2. The standard InChI is InChI=1S/C25H32N2O3/c28-25(27-15-7-14-26(16-17-27)20-22-10-6-18-29-22)13-19-30-24-12-5-4-11-23(24)21-8-2-1-3-9-21/h1-5,8-9,11-12,22H,6-7,10,13-20H2/t22-/m1/s1. The summed E-state index contributed by atoms with van der Waals surface area (Å²) in [5.41, 5.74) is 2.18. The molecule has 1 atom stereocenters. The van der Waals surface area contributed by atoms with E-state index in [9.17, 15) is 4.79 Å². The average molecular weight is 409 g/mol. The van der Waals surface area contributed by atoms with E-state index >= 15 is 0 Å². The Morgan fingerprint density at radius 2 is 1.80 bits per heavy atom. The van der Waals surface area contributed by atoms with Gasteiger partial charge in [-0.15, -0.1) is 0 Å². The Labute approximate surface area is 179 Å². The molecule has 5 nitrogen and oxygen atoms in total. The molecule has 2 aliphatic rings. The Bertz CT molecular complexity index is 805. The first-order chi connectivity index (χ1) is 14.8. The van der Waals surface area contributed by atoms with Crippen LogP contribution in [0, 0.1) is 0 Å². The van der Waals surface area contributed by atoms with Crippen LogP contribution in [0.5, 0.6) is 5.75 Å². The van der Waals surface area contributed by atoms with Crippen molar-refractivity contribution in [2.45, 2.75) is 31.8 Å². The van der Waals surface area contributed by atoms with Crippen LogP contribution in [-0.2, 0) is 9.53 Å². The van der Waals surface area contributed by atoms with Crippen molar-refractivity contribution in [1.29, 1.82) is 0 Å². The fourth-order valence-electron chi connectivity index (χ4n) is 4.33. The second kappa shape index (κ2) is 10.6. The van der Waals surface area contributed by atoms with E-state index in [2.05, 4.69) is 23.1 Å². The molecule has 0 bridgehead atoms. The first kappa shape index (κ1) is 20.9. The van der Waals surface area contributed by atoms with Crippen molar-refractivity contribution in [3.63, 3.8) is 0 Å². The van der Waals surface area contributed by atoms with Gasteiger partial charge in [0.25, 0.3) is 0 Å². The number of carbonyl (C=O) groups excluding carboxylic acids is 1. The molecule has 2 aromatic carbocycles. The van der Waals surface area contributed by atoms with Crippen LogP contribution in [0.2, 0.25) is 0 Å². The maximum atomic E-state index is 12.7. The van der Waals surface area contributed by atoms with Crippen molar-refractivity contribution in [2.24, 2.45) is 0 Å². The summed E-state index contributed by atoms with van der Waals surface area (Å²) in [5, 5.41) is 0. The minimum Gasteiger partial charge on any atom is -0.492 e. The van der Waals surface area contributed by atoms with Crippen molar-refractivity contribution >= 4 is 5.91 Å². The van der Waals surface area contributed by atoms with Crippen molar-refractivity contribution in [2.75, 3.05) is 45.9 Å². The van der Waals surface area contributed by atoms with Crippen LogP contribution in [0.4, 0.5) is 0 Å². The highest BCUT2D eigenvalue weighted by Gasteiger charge is 2.23. The lowest BCUT2D eigenvalue weighted by Crippen LogP contribution is -2.37. The quantitative estimate of drug-likeness (QED) is 0.698. The van der Waals surface area contributed by atoms with Gasteiger partial charge in [0.2, 0.25) is 5.91 Å². The predicted molar refractivity (Wildman–Crippen MR) is 119 cm³/mol. The number of rotatable bonds is 7. The van der Waals surface area contributed by atoms with Crippen LogP contribution in [0.25, 0.3) is 11.1 Å². The third kappa shape index (κ3) is 5.61. The third-order valence-electron chi connectivity index (χ3n) is 5.97. The molecule has 0 spiro atoms. The molecule has 0 saturated carbocycles. The monoisotopic (exact) mass is 408 g/mol. The minimum absolute atomic E-state index is 0.186. The van der Waals surface area contributed by atoms with Gasteiger partial charge in [0.05, 0.1) is 19.1 Å². The summed E-state index contributed by atoms with van der Waals surface area (Å²) >= 11 is 0. The van der Waals surface area contributed by atoms with Crippen LogP contribution >= 0.6 is 0 Å². The molecule has 2 fully saturated rings. The van der Waals surface area contributed by atoms with Crippen molar-refractivity contribution in [1.82, 2.24) is 9.80 Å². The van der Waals surface area contributed by atoms with E-state index in [-0.39, 0.29) is 5.91 Å². The maximum Gasteiger partial charge on any atom is 0.226 e.